The Kier molecular flexibility index (Phi) is 4.31. The van der Waals surface area contributed by atoms with Crippen LogP contribution in [-0.2, 0) is 6.54 Å². The number of benzene rings is 2. The maximum atomic E-state index is 13.3. The number of imidazole rings is 1. The van der Waals surface area contributed by atoms with E-state index in [-0.39, 0.29) is 17.4 Å². The number of hydrogen-bond acceptors (Lipinski definition) is 4. The van der Waals surface area contributed by atoms with E-state index in [1.54, 1.807) is 41.1 Å². The molecule has 5 rings (SSSR count). The van der Waals surface area contributed by atoms with Gasteiger partial charge < -0.3 is 10.2 Å². The number of carbonyl (C=O) groups excluding carboxylic acids is 1. The topological polar surface area (TPSA) is 83.0 Å². The predicted octanol–water partition coefficient (Wildman–Crippen LogP) is 2.60. The molecule has 0 aliphatic carbocycles. The van der Waals surface area contributed by atoms with Crippen LogP contribution in [0.2, 0.25) is 0 Å². The van der Waals surface area contributed by atoms with Crippen LogP contribution >= 0.6 is 0 Å². The second-order valence-corrected chi connectivity index (χ2v) is 7.14. The zero-order valence-electron chi connectivity index (χ0n) is 15.9. The van der Waals surface area contributed by atoms with Gasteiger partial charge in [-0.2, -0.15) is 0 Å². The molecule has 0 saturated carbocycles. The monoisotopic (exact) mass is 403 g/mol. The van der Waals surface area contributed by atoms with Crippen LogP contribution < -0.4 is 15.9 Å². The number of fused-ring (bicyclic) bond motifs is 2. The van der Waals surface area contributed by atoms with Gasteiger partial charge in [0, 0.05) is 25.8 Å². The standard InChI is InChI=1S/C22H18FN5O2/c23-15-5-3-14(4-6-15)13-27-11-10-25-21(29)17-8-7-16(12-19(17)27)28-18-2-1-9-24-20(18)26-22(28)30/h1-9,12H,10-11,13H2,(H,25,29)(H,24,26,30). The average Bonchev–Trinajstić information content (AvgIpc) is 3.01. The Bertz CT molecular complexity index is 1310. The highest BCUT2D eigenvalue weighted by molar-refractivity contribution is 6.01. The van der Waals surface area contributed by atoms with Crippen molar-refractivity contribution in [2.24, 2.45) is 0 Å². The highest BCUT2D eigenvalue weighted by Crippen LogP contribution is 2.28. The van der Waals surface area contributed by atoms with Gasteiger partial charge in [-0.15, -0.1) is 0 Å². The molecule has 0 saturated heterocycles. The van der Waals surface area contributed by atoms with Crippen LogP contribution in [0.1, 0.15) is 15.9 Å². The van der Waals surface area contributed by atoms with Crippen LogP contribution in [0, 0.1) is 5.82 Å². The first-order chi connectivity index (χ1) is 14.6. The molecule has 0 bridgehead atoms. The van der Waals surface area contributed by atoms with Crippen molar-refractivity contribution in [2.45, 2.75) is 6.54 Å². The molecule has 1 aliphatic rings. The van der Waals surface area contributed by atoms with E-state index in [2.05, 4.69) is 20.2 Å². The van der Waals surface area contributed by atoms with Gasteiger partial charge in [-0.1, -0.05) is 12.1 Å². The van der Waals surface area contributed by atoms with Crippen LogP contribution in [0.4, 0.5) is 10.1 Å². The number of nitrogens with one attached hydrogen (secondary N) is 2. The van der Waals surface area contributed by atoms with Gasteiger partial charge in [0.25, 0.3) is 5.91 Å². The Hall–Kier alpha value is -3.94. The van der Waals surface area contributed by atoms with E-state index in [0.29, 0.717) is 42.0 Å². The SMILES string of the molecule is O=C1NCCN(Cc2ccc(F)cc2)c2cc(-n3c(=O)[nH]c4ncccc43)ccc21. The molecular formula is C22H18FN5O2. The number of rotatable bonds is 3. The molecule has 2 aromatic carbocycles. The molecule has 0 radical (unpaired) electrons. The van der Waals surface area contributed by atoms with Gasteiger partial charge in [0.1, 0.15) is 5.82 Å². The quantitative estimate of drug-likeness (QED) is 0.551. The summed E-state index contributed by atoms with van der Waals surface area (Å²) < 4.78 is 14.8. The molecule has 0 fully saturated rings. The Morgan fingerprint density at radius 1 is 1.07 bits per heavy atom. The van der Waals surface area contributed by atoms with Gasteiger partial charge in [0.05, 0.1) is 22.5 Å². The number of pyridine rings is 1. The van der Waals surface area contributed by atoms with E-state index in [1.165, 1.54) is 12.1 Å². The second kappa shape index (κ2) is 7.14. The van der Waals surface area contributed by atoms with E-state index in [9.17, 15) is 14.0 Å². The van der Waals surface area contributed by atoms with Crippen molar-refractivity contribution >= 4 is 22.8 Å². The summed E-state index contributed by atoms with van der Waals surface area (Å²) in [7, 11) is 0. The molecule has 3 heterocycles. The molecule has 0 atom stereocenters. The number of nitrogens with zero attached hydrogens (tertiary/aromatic N) is 3. The number of hydrogen-bond donors (Lipinski definition) is 2. The van der Waals surface area contributed by atoms with E-state index < -0.39 is 0 Å². The minimum Gasteiger partial charge on any atom is -0.365 e. The lowest BCUT2D eigenvalue weighted by molar-refractivity contribution is 0.0958. The highest BCUT2D eigenvalue weighted by Gasteiger charge is 2.22. The van der Waals surface area contributed by atoms with E-state index in [4.69, 9.17) is 0 Å². The largest absolute Gasteiger partial charge is 0.365 e. The van der Waals surface area contributed by atoms with Crippen molar-refractivity contribution in [3.63, 3.8) is 0 Å². The number of H-pyrrole nitrogens is 1. The smallest absolute Gasteiger partial charge is 0.332 e. The van der Waals surface area contributed by atoms with Crippen LogP contribution in [0.5, 0.6) is 0 Å². The third-order valence-electron chi connectivity index (χ3n) is 5.23. The maximum absolute atomic E-state index is 13.3. The van der Waals surface area contributed by atoms with Crippen LogP contribution in [0.15, 0.2) is 65.6 Å². The average molecular weight is 403 g/mol. The maximum Gasteiger partial charge on any atom is 0.332 e. The molecule has 2 aromatic heterocycles. The van der Waals surface area contributed by atoms with Crippen molar-refractivity contribution in [3.8, 4) is 5.69 Å². The molecule has 8 heteroatoms. The minimum atomic E-state index is -0.299. The Morgan fingerprint density at radius 3 is 2.73 bits per heavy atom. The van der Waals surface area contributed by atoms with Crippen LogP contribution in [-0.4, -0.2) is 33.5 Å². The van der Waals surface area contributed by atoms with Crippen molar-refractivity contribution in [2.75, 3.05) is 18.0 Å². The van der Waals surface area contributed by atoms with Crippen molar-refractivity contribution in [1.82, 2.24) is 19.9 Å². The molecule has 7 nitrogen and oxygen atoms in total. The lowest BCUT2D eigenvalue weighted by atomic mass is 10.1. The number of carbonyl (C=O) groups is 1. The summed E-state index contributed by atoms with van der Waals surface area (Å²) in [6.45, 7) is 1.58. The lowest BCUT2D eigenvalue weighted by Gasteiger charge is -2.25. The Balaban J connectivity index is 1.62. The van der Waals surface area contributed by atoms with Crippen LogP contribution in [0.25, 0.3) is 16.9 Å². The van der Waals surface area contributed by atoms with Crippen molar-refractivity contribution < 1.29 is 9.18 Å². The number of amides is 1. The first-order valence-corrected chi connectivity index (χ1v) is 9.58. The third-order valence-corrected chi connectivity index (χ3v) is 5.23. The van der Waals surface area contributed by atoms with Crippen LogP contribution in [0.3, 0.4) is 0 Å². The highest BCUT2D eigenvalue weighted by atomic mass is 19.1. The lowest BCUT2D eigenvalue weighted by Crippen LogP contribution is -2.29. The summed E-state index contributed by atoms with van der Waals surface area (Å²) in [5.41, 5.74) is 3.67. The van der Waals surface area contributed by atoms with Gasteiger partial charge >= 0.3 is 5.69 Å². The van der Waals surface area contributed by atoms with Gasteiger partial charge in [0.2, 0.25) is 0 Å². The molecule has 2 N–H and O–H groups in total. The minimum absolute atomic E-state index is 0.161. The Morgan fingerprint density at radius 2 is 1.90 bits per heavy atom. The van der Waals surface area contributed by atoms with Gasteiger partial charge in [-0.3, -0.25) is 14.3 Å². The summed E-state index contributed by atoms with van der Waals surface area (Å²) in [6.07, 6.45) is 1.62. The zero-order chi connectivity index (χ0) is 20.7. The summed E-state index contributed by atoms with van der Waals surface area (Å²) in [6, 6.07) is 15.2. The van der Waals surface area contributed by atoms with Crippen molar-refractivity contribution in [1.29, 1.82) is 0 Å². The number of aromatic nitrogens is 3. The fraction of sp³-hybridized carbons (Fsp3) is 0.136. The molecule has 0 spiro atoms. The third kappa shape index (κ3) is 3.12. The Labute approximate surface area is 170 Å². The van der Waals surface area contributed by atoms with Gasteiger partial charge in [-0.05, 0) is 48.0 Å². The number of halogens is 1. The first-order valence-electron chi connectivity index (χ1n) is 9.58. The molecule has 30 heavy (non-hydrogen) atoms. The fourth-order valence-corrected chi connectivity index (χ4v) is 3.80. The van der Waals surface area contributed by atoms with Gasteiger partial charge in [0.15, 0.2) is 5.65 Å². The number of aromatic amines is 1. The van der Waals surface area contributed by atoms with E-state index in [1.807, 2.05) is 12.1 Å². The molecule has 0 unspecified atom stereocenters. The molecule has 1 aliphatic heterocycles. The second-order valence-electron chi connectivity index (χ2n) is 7.14. The molecule has 4 aromatic rings. The molecule has 1 amide bonds. The van der Waals surface area contributed by atoms with E-state index in [0.717, 1.165) is 11.3 Å². The zero-order valence-corrected chi connectivity index (χ0v) is 15.9. The summed E-state index contributed by atoms with van der Waals surface area (Å²) in [4.78, 5) is 34.1. The normalized spacial score (nSPS) is 13.8. The van der Waals surface area contributed by atoms with E-state index >= 15 is 0 Å². The predicted molar refractivity (Wildman–Crippen MR) is 111 cm³/mol. The van der Waals surface area contributed by atoms with Gasteiger partial charge in [-0.25, -0.2) is 14.2 Å². The van der Waals surface area contributed by atoms with Crippen molar-refractivity contribution in [3.05, 3.63) is 88.2 Å². The first kappa shape index (κ1) is 18.1. The summed E-state index contributed by atoms with van der Waals surface area (Å²) in [5.74, 6) is -0.451. The summed E-state index contributed by atoms with van der Waals surface area (Å²) in [5, 5.41) is 2.90. The molecular weight excluding hydrogens is 385 g/mol. The number of anilines is 1. The summed E-state index contributed by atoms with van der Waals surface area (Å²) >= 11 is 0. The fourth-order valence-electron chi connectivity index (χ4n) is 3.80. The molecule has 150 valence electrons.